The summed E-state index contributed by atoms with van der Waals surface area (Å²) in [6, 6.07) is 21.9. The van der Waals surface area contributed by atoms with Crippen molar-refractivity contribution < 1.29 is 14.3 Å². The Hall–Kier alpha value is -3.02. The van der Waals surface area contributed by atoms with Crippen LogP contribution in [-0.4, -0.2) is 24.5 Å². The standard InChI is InChI=1S/C26H24Cl2N2O3/c1-17-14-24(30(18(2)31)20-8-4-3-5-9-20)21-10-6-7-11-23(21)29(17)26(32)16-33-25-13-12-19(27)15-22(25)28/h3-13,15,17,24H,14,16H2,1-2H3/t17-,24+/m1/s1. The van der Waals surface area contributed by atoms with Crippen LogP contribution in [0.1, 0.15) is 31.9 Å². The molecule has 33 heavy (non-hydrogen) atoms. The molecule has 0 saturated carbocycles. The Morgan fingerprint density at radius 2 is 1.73 bits per heavy atom. The van der Waals surface area contributed by atoms with Crippen LogP contribution in [0.5, 0.6) is 5.75 Å². The number of hydrogen-bond acceptors (Lipinski definition) is 3. The molecule has 2 atom stereocenters. The van der Waals surface area contributed by atoms with Crippen molar-refractivity contribution in [1.29, 1.82) is 0 Å². The van der Waals surface area contributed by atoms with Crippen LogP contribution in [0.15, 0.2) is 72.8 Å². The lowest BCUT2D eigenvalue weighted by molar-refractivity contribution is -0.121. The normalized spacial score (nSPS) is 17.3. The third kappa shape index (κ3) is 4.85. The number of halogens is 2. The zero-order valence-electron chi connectivity index (χ0n) is 18.4. The molecule has 0 aromatic heterocycles. The van der Waals surface area contributed by atoms with Crippen molar-refractivity contribution in [3.63, 3.8) is 0 Å². The van der Waals surface area contributed by atoms with Crippen molar-refractivity contribution in [2.75, 3.05) is 16.4 Å². The molecule has 2 amide bonds. The number of benzene rings is 3. The summed E-state index contributed by atoms with van der Waals surface area (Å²) in [7, 11) is 0. The van der Waals surface area contributed by atoms with E-state index in [0.717, 1.165) is 16.9 Å². The predicted molar refractivity (Wildman–Crippen MR) is 132 cm³/mol. The molecule has 3 aromatic carbocycles. The van der Waals surface area contributed by atoms with E-state index in [0.29, 0.717) is 22.2 Å². The average molecular weight is 483 g/mol. The van der Waals surface area contributed by atoms with Crippen molar-refractivity contribution in [3.05, 3.63) is 88.4 Å². The first-order chi connectivity index (χ1) is 15.9. The molecule has 0 aliphatic carbocycles. The van der Waals surface area contributed by atoms with E-state index in [2.05, 4.69) is 0 Å². The molecule has 1 aliphatic heterocycles. The zero-order chi connectivity index (χ0) is 23.5. The third-order valence-electron chi connectivity index (χ3n) is 5.76. The second-order valence-corrected chi connectivity index (χ2v) is 8.85. The minimum atomic E-state index is -0.188. The van der Waals surface area contributed by atoms with Gasteiger partial charge in [0.25, 0.3) is 5.91 Å². The van der Waals surface area contributed by atoms with Gasteiger partial charge in [-0.15, -0.1) is 0 Å². The maximum atomic E-state index is 13.3. The number of ether oxygens (including phenoxy) is 1. The smallest absolute Gasteiger partial charge is 0.265 e. The molecule has 0 radical (unpaired) electrons. The Kier molecular flexibility index (Phi) is 6.91. The number of nitrogens with zero attached hydrogens (tertiary/aromatic N) is 2. The minimum absolute atomic E-state index is 0.0475. The molecular formula is C26H24Cl2N2O3. The molecule has 0 N–H and O–H groups in total. The van der Waals surface area contributed by atoms with Crippen LogP contribution in [-0.2, 0) is 9.59 Å². The fourth-order valence-electron chi connectivity index (χ4n) is 4.38. The van der Waals surface area contributed by atoms with Gasteiger partial charge in [-0.3, -0.25) is 9.59 Å². The topological polar surface area (TPSA) is 49.9 Å². The van der Waals surface area contributed by atoms with Gasteiger partial charge < -0.3 is 14.5 Å². The number of amides is 2. The van der Waals surface area contributed by atoms with Gasteiger partial charge in [0, 0.05) is 29.4 Å². The van der Waals surface area contributed by atoms with Gasteiger partial charge in [-0.25, -0.2) is 0 Å². The zero-order valence-corrected chi connectivity index (χ0v) is 19.9. The summed E-state index contributed by atoms with van der Waals surface area (Å²) in [6.45, 7) is 3.39. The number of carbonyl (C=O) groups is 2. The maximum absolute atomic E-state index is 13.3. The van der Waals surface area contributed by atoms with Gasteiger partial charge in [-0.2, -0.15) is 0 Å². The molecule has 1 heterocycles. The molecule has 5 nitrogen and oxygen atoms in total. The first-order valence-electron chi connectivity index (χ1n) is 10.7. The lowest BCUT2D eigenvalue weighted by atomic mass is 9.90. The number of anilines is 2. The Morgan fingerprint density at radius 3 is 2.42 bits per heavy atom. The second kappa shape index (κ2) is 9.86. The first kappa shape index (κ1) is 23.1. The van der Waals surface area contributed by atoms with E-state index >= 15 is 0 Å². The summed E-state index contributed by atoms with van der Waals surface area (Å²) in [5.74, 6) is 0.166. The molecule has 0 fully saturated rings. The SMILES string of the molecule is CC(=O)N(c1ccccc1)[C@H]1C[C@@H](C)N(C(=O)COc2ccc(Cl)cc2Cl)c2ccccc21. The highest BCUT2D eigenvalue weighted by Crippen LogP contribution is 2.42. The van der Waals surface area contributed by atoms with Crippen molar-refractivity contribution in [3.8, 4) is 5.75 Å². The van der Waals surface area contributed by atoms with Gasteiger partial charge >= 0.3 is 0 Å². The fraction of sp³-hybridized carbons (Fsp3) is 0.231. The quantitative estimate of drug-likeness (QED) is 0.429. The van der Waals surface area contributed by atoms with E-state index in [9.17, 15) is 9.59 Å². The fourth-order valence-corrected chi connectivity index (χ4v) is 4.84. The largest absolute Gasteiger partial charge is 0.482 e. The highest BCUT2D eigenvalue weighted by atomic mass is 35.5. The van der Waals surface area contributed by atoms with Gasteiger partial charge in [0.15, 0.2) is 6.61 Å². The summed E-state index contributed by atoms with van der Waals surface area (Å²) >= 11 is 12.1. The first-order valence-corrected chi connectivity index (χ1v) is 11.5. The Labute approximate surface area is 203 Å². The van der Waals surface area contributed by atoms with Crippen LogP contribution in [0.3, 0.4) is 0 Å². The lowest BCUT2D eigenvalue weighted by Crippen LogP contribution is -2.48. The molecule has 3 aromatic rings. The van der Waals surface area contributed by atoms with Gasteiger partial charge in [0.1, 0.15) is 5.75 Å². The highest BCUT2D eigenvalue weighted by Gasteiger charge is 2.37. The van der Waals surface area contributed by atoms with Crippen molar-refractivity contribution >= 4 is 46.4 Å². The van der Waals surface area contributed by atoms with Gasteiger partial charge in [-0.1, -0.05) is 59.6 Å². The summed E-state index contributed by atoms with van der Waals surface area (Å²) in [6.07, 6.45) is 0.596. The minimum Gasteiger partial charge on any atom is -0.482 e. The highest BCUT2D eigenvalue weighted by molar-refractivity contribution is 6.35. The molecular weight excluding hydrogens is 459 g/mol. The Balaban J connectivity index is 1.63. The second-order valence-electron chi connectivity index (χ2n) is 8.01. The molecule has 4 rings (SSSR count). The van der Waals surface area contributed by atoms with Crippen LogP contribution in [0.25, 0.3) is 0 Å². The molecule has 7 heteroatoms. The summed E-state index contributed by atoms with van der Waals surface area (Å²) in [5, 5.41) is 0.846. The number of para-hydroxylation sites is 2. The van der Waals surface area contributed by atoms with E-state index < -0.39 is 0 Å². The third-order valence-corrected chi connectivity index (χ3v) is 6.29. The lowest BCUT2D eigenvalue weighted by Gasteiger charge is -2.43. The molecule has 0 bridgehead atoms. The van der Waals surface area contributed by atoms with Crippen molar-refractivity contribution in [1.82, 2.24) is 0 Å². The number of hydrogen-bond donors (Lipinski definition) is 0. The van der Waals surface area contributed by atoms with Crippen LogP contribution < -0.4 is 14.5 Å². The van der Waals surface area contributed by atoms with Crippen LogP contribution in [0.2, 0.25) is 10.0 Å². The predicted octanol–water partition coefficient (Wildman–Crippen LogP) is 6.29. The van der Waals surface area contributed by atoms with E-state index in [4.69, 9.17) is 27.9 Å². The molecule has 0 saturated heterocycles. The van der Waals surface area contributed by atoms with Crippen LogP contribution >= 0.6 is 23.2 Å². The van der Waals surface area contributed by atoms with Gasteiger partial charge in [0.2, 0.25) is 5.91 Å². The van der Waals surface area contributed by atoms with Crippen molar-refractivity contribution in [2.45, 2.75) is 32.4 Å². The molecule has 0 spiro atoms. The van der Waals surface area contributed by atoms with Crippen LogP contribution in [0, 0.1) is 0 Å². The van der Waals surface area contributed by atoms with Crippen molar-refractivity contribution in [2.24, 2.45) is 0 Å². The number of fused-ring (bicyclic) bond motifs is 1. The summed E-state index contributed by atoms with van der Waals surface area (Å²) in [5.41, 5.74) is 2.53. The summed E-state index contributed by atoms with van der Waals surface area (Å²) in [4.78, 5) is 29.5. The van der Waals surface area contributed by atoms with E-state index in [1.165, 1.54) is 0 Å². The molecule has 1 aliphatic rings. The van der Waals surface area contributed by atoms with Gasteiger partial charge in [0.05, 0.1) is 11.1 Å². The van der Waals surface area contributed by atoms with E-state index in [1.807, 2.05) is 61.5 Å². The summed E-state index contributed by atoms with van der Waals surface area (Å²) < 4.78 is 5.71. The Bertz CT molecular complexity index is 1170. The van der Waals surface area contributed by atoms with E-state index in [1.54, 1.807) is 34.9 Å². The molecule has 170 valence electrons. The maximum Gasteiger partial charge on any atom is 0.265 e. The van der Waals surface area contributed by atoms with Gasteiger partial charge in [-0.05, 0) is 55.3 Å². The number of rotatable bonds is 5. The Morgan fingerprint density at radius 1 is 1.03 bits per heavy atom. The molecule has 0 unspecified atom stereocenters. The average Bonchev–Trinajstić information content (AvgIpc) is 2.79. The number of carbonyl (C=O) groups excluding carboxylic acids is 2. The monoisotopic (exact) mass is 482 g/mol. The van der Waals surface area contributed by atoms with E-state index in [-0.39, 0.29) is 30.5 Å². The van der Waals surface area contributed by atoms with Crippen LogP contribution in [0.4, 0.5) is 11.4 Å².